The molecule has 2 atom stereocenters. The van der Waals surface area contributed by atoms with E-state index in [4.69, 9.17) is 10.5 Å². The van der Waals surface area contributed by atoms with Crippen molar-refractivity contribution in [3.63, 3.8) is 0 Å². The van der Waals surface area contributed by atoms with Gasteiger partial charge in [-0.3, -0.25) is 0 Å². The van der Waals surface area contributed by atoms with Crippen LogP contribution in [0.3, 0.4) is 0 Å². The van der Waals surface area contributed by atoms with Gasteiger partial charge in [0.25, 0.3) is 0 Å². The summed E-state index contributed by atoms with van der Waals surface area (Å²) in [6.07, 6.45) is 8.03. The third-order valence-electron chi connectivity index (χ3n) is 5.74. The molecule has 7 nitrogen and oxygen atoms in total. The summed E-state index contributed by atoms with van der Waals surface area (Å²) >= 11 is 0. The average Bonchev–Trinajstić information content (AvgIpc) is 3.23. The zero-order valence-electron chi connectivity index (χ0n) is 14.9. The molecule has 134 valence electrons. The predicted molar refractivity (Wildman–Crippen MR) is 96.6 cm³/mol. The van der Waals surface area contributed by atoms with Crippen molar-refractivity contribution in [2.75, 3.05) is 17.7 Å². The van der Waals surface area contributed by atoms with Gasteiger partial charge in [0, 0.05) is 30.2 Å². The van der Waals surface area contributed by atoms with E-state index in [9.17, 15) is 0 Å². The molecule has 2 saturated carbocycles. The van der Waals surface area contributed by atoms with Gasteiger partial charge in [-0.1, -0.05) is 12.8 Å². The van der Waals surface area contributed by atoms with E-state index in [1.54, 1.807) is 11.0 Å². The van der Waals surface area contributed by atoms with Crippen LogP contribution in [0.2, 0.25) is 0 Å². The molecule has 7 heteroatoms. The fourth-order valence-corrected chi connectivity index (χ4v) is 4.51. The molecular formula is C18H26N6O. The Bertz CT molecular complexity index is 752. The first-order valence-corrected chi connectivity index (χ1v) is 9.15. The average molecular weight is 342 g/mol. The first kappa shape index (κ1) is 16.3. The second-order valence-corrected chi connectivity index (χ2v) is 7.20. The van der Waals surface area contributed by atoms with Gasteiger partial charge >= 0.3 is 0 Å². The maximum absolute atomic E-state index is 6.01. The highest BCUT2D eigenvalue weighted by Crippen LogP contribution is 2.55. The molecule has 0 saturated heterocycles. The van der Waals surface area contributed by atoms with Crippen LogP contribution in [0, 0.1) is 12.3 Å². The SMILES string of the molecule is CCO[C@@H]1C[C@H](Nc2cc(-n3nc(C)cc3N)ncn2)C12CCCC2. The van der Waals surface area contributed by atoms with Gasteiger partial charge in [0.1, 0.15) is 18.0 Å². The fourth-order valence-electron chi connectivity index (χ4n) is 4.51. The molecule has 3 N–H and O–H groups in total. The van der Waals surface area contributed by atoms with Crippen LogP contribution in [0.4, 0.5) is 11.6 Å². The largest absolute Gasteiger partial charge is 0.384 e. The van der Waals surface area contributed by atoms with E-state index >= 15 is 0 Å². The van der Waals surface area contributed by atoms with Crippen molar-refractivity contribution in [2.24, 2.45) is 5.41 Å². The molecule has 1 spiro atoms. The summed E-state index contributed by atoms with van der Waals surface area (Å²) in [6, 6.07) is 4.16. The standard InChI is InChI=1S/C18H26N6O/c1-3-25-14-9-13(18(14)6-4-5-7-18)22-16-10-17(21-11-20-16)24-15(19)8-12(2)23-24/h8,10-11,13-14H,3-7,9,19H2,1-2H3,(H,20,21,22)/t13-,14+/m0/s1. The zero-order chi connectivity index (χ0) is 17.4. The van der Waals surface area contributed by atoms with Crippen LogP contribution in [0.25, 0.3) is 5.82 Å². The molecule has 2 aromatic rings. The van der Waals surface area contributed by atoms with Crippen LogP contribution < -0.4 is 11.1 Å². The van der Waals surface area contributed by atoms with E-state index in [-0.39, 0.29) is 5.41 Å². The molecule has 4 rings (SSSR count). The molecule has 0 radical (unpaired) electrons. The number of rotatable bonds is 5. The molecule has 0 amide bonds. The summed E-state index contributed by atoms with van der Waals surface area (Å²) in [7, 11) is 0. The maximum Gasteiger partial charge on any atom is 0.161 e. The minimum atomic E-state index is 0.266. The summed E-state index contributed by atoms with van der Waals surface area (Å²) in [4.78, 5) is 8.72. The lowest BCUT2D eigenvalue weighted by atomic mass is 9.60. The lowest BCUT2D eigenvalue weighted by Crippen LogP contribution is -2.60. The topological polar surface area (TPSA) is 90.9 Å². The van der Waals surface area contributed by atoms with Crippen molar-refractivity contribution < 1.29 is 4.74 Å². The first-order chi connectivity index (χ1) is 12.1. The summed E-state index contributed by atoms with van der Waals surface area (Å²) in [6.45, 7) is 4.78. The quantitative estimate of drug-likeness (QED) is 0.868. The van der Waals surface area contributed by atoms with E-state index in [1.165, 1.54) is 25.7 Å². The number of ether oxygens (including phenoxy) is 1. The highest BCUT2D eigenvalue weighted by Gasteiger charge is 2.56. The fraction of sp³-hybridized carbons (Fsp3) is 0.611. The molecule has 25 heavy (non-hydrogen) atoms. The Morgan fingerprint density at radius 3 is 2.80 bits per heavy atom. The minimum absolute atomic E-state index is 0.266. The van der Waals surface area contributed by atoms with Crippen molar-refractivity contribution in [1.82, 2.24) is 19.7 Å². The van der Waals surface area contributed by atoms with E-state index in [1.807, 2.05) is 19.1 Å². The van der Waals surface area contributed by atoms with Gasteiger partial charge in [-0.2, -0.15) is 9.78 Å². The highest BCUT2D eigenvalue weighted by molar-refractivity contribution is 5.46. The van der Waals surface area contributed by atoms with Crippen LogP contribution in [-0.4, -0.2) is 38.5 Å². The minimum Gasteiger partial charge on any atom is -0.384 e. The Balaban J connectivity index is 1.54. The van der Waals surface area contributed by atoms with Crippen LogP contribution in [-0.2, 0) is 4.74 Å². The molecule has 0 aliphatic heterocycles. The van der Waals surface area contributed by atoms with Crippen LogP contribution >= 0.6 is 0 Å². The summed E-state index contributed by atoms with van der Waals surface area (Å²) in [5.41, 5.74) is 7.15. The normalized spacial score (nSPS) is 24.4. The third-order valence-corrected chi connectivity index (χ3v) is 5.74. The van der Waals surface area contributed by atoms with Crippen molar-refractivity contribution in [1.29, 1.82) is 0 Å². The lowest BCUT2D eigenvalue weighted by Gasteiger charge is -2.54. The van der Waals surface area contributed by atoms with Crippen LogP contribution in [0.1, 0.15) is 44.7 Å². The molecule has 2 aliphatic rings. The smallest absolute Gasteiger partial charge is 0.161 e. The van der Waals surface area contributed by atoms with Gasteiger partial charge in [-0.15, -0.1) is 0 Å². The number of aromatic nitrogens is 4. The molecule has 2 heterocycles. The second-order valence-electron chi connectivity index (χ2n) is 7.20. The number of hydrogen-bond acceptors (Lipinski definition) is 6. The summed E-state index contributed by atoms with van der Waals surface area (Å²) < 4.78 is 7.64. The Morgan fingerprint density at radius 2 is 2.12 bits per heavy atom. The van der Waals surface area contributed by atoms with Crippen LogP contribution in [0.5, 0.6) is 0 Å². The highest BCUT2D eigenvalue weighted by atomic mass is 16.5. The first-order valence-electron chi connectivity index (χ1n) is 9.15. The Morgan fingerprint density at radius 1 is 1.32 bits per heavy atom. The Labute approximate surface area is 148 Å². The number of anilines is 2. The monoisotopic (exact) mass is 342 g/mol. The van der Waals surface area contributed by atoms with Gasteiger partial charge < -0.3 is 15.8 Å². The number of hydrogen-bond donors (Lipinski definition) is 2. The van der Waals surface area contributed by atoms with Gasteiger partial charge in [0.15, 0.2) is 5.82 Å². The Kier molecular flexibility index (Phi) is 4.11. The van der Waals surface area contributed by atoms with E-state index < -0.39 is 0 Å². The predicted octanol–water partition coefficient (Wildman–Crippen LogP) is 2.70. The molecular weight excluding hydrogens is 316 g/mol. The van der Waals surface area contributed by atoms with Crippen LogP contribution in [0.15, 0.2) is 18.5 Å². The molecule has 0 unspecified atom stereocenters. The maximum atomic E-state index is 6.01. The lowest BCUT2D eigenvalue weighted by molar-refractivity contribution is -0.114. The molecule has 0 bridgehead atoms. The van der Waals surface area contributed by atoms with Crippen molar-refractivity contribution in [2.45, 2.75) is 58.1 Å². The second kappa shape index (κ2) is 6.29. The third kappa shape index (κ3) is 2.76. The van der Waals surface area contributed by atoms with E-state index in [0.29, 0.717) is 23.8 Å². The number of aryl methyl sites for hydroxylation is 1. The molecule has 2 fully saturated rings. The number of nitrogens with one attached hydrogen (secondary N) is 1. The summed E-state index contributed by atoms with van der Waals surface area (Å²) in [5, 5.41) is 8.02. The zero-order valence-corrected chi connectivity index (χ0v) is 14.9. The number of nitrogens with two attached hydrogens (primary N) is 1. The molecule has 2 aromatic heterocycles. The molecule has 2 aliphatic carbocycles. The van der Waals surface area contributed by atoms with E-state index in [2.05, 4.69) is 27.3 Å². The number of nitrogen functional groups attached to an aromatic ring is 1. The van der Waals surface area contributed by atoms with Crippen molar-refractivity contribution >= 4 is 11.6 Å². The number of nitrogens with zero attached hydrogens (tertiary/aromatic N) is 4. The van der Waals surface area contributed by atoms with Crippen molar-refractivity contribution in [3.05, 3.63) is 24.2 Å². The van der Waals surface area contributed by atoms with Gasteiger partial charge in [-0.25, -0.2) is 9.97 Å². The van der Waals surface area contributed by atoms with Gasteiger partial charge in [0.2, 0.25) is 0 Å². The van der Waals surface area contributed by atoms with E-state index in [0.717, 1.165) is 24.5 Å². The Hall–Kier alpha value is -2.15. The van der Waals surface area contributed by atoms with Gasteiger partial charge in [0.05, 0.1) is 11.8 Å². The van der Waals surface area contributed by atoms with Gasteiger partial charge in [-0.05, 0) is 33.1 Å². The molecule has 0 aromatic carbocycles. The van der Waals surface area contributed by atoms with Crippen molar-refractivity contribution in [3.8, 4) is 5.82 Å². The summed E-state index contributed by atoms with van der Waals surface area (Å²) in [5.74, 6) is 2.09.